The normalized spacial score (nSPS) is 10.8. The average Bonchev–Trinajstić information content (AvgIpc) is 2.41. The summed E-state index contributed by atoms with van der Waals surface area (Å²) in [5, 5.41) is 13.8. The third-order valence-corrected chi connectivity index (χ3v) is 2.73. The maximum Gasteiger partial charge on any atom is 0.337 e. The van der Waals surface area contributed by atoms with Gasteiger partial charge in [-0.3, -0.25) is 4.68 Å². The lowest BCUT2D eigenvalue weighted by Gasteiger charge is -2.01. The molecule has 0 atom stereocenters. The van der Waals surface area contributed by atoms with Crippen molar-refractivity contribution in [3.8, 4) is 0 Å². The number of halogens is 1. The summed E-state index contributed by atoms with van der Waals surface area (Å²) in [5.74, 6) is -1.01. The van der Waals surface area contributed by atoms with Gasteiger partial charge in [-0.05, 0) is 28.1 Å². The SMILES string of the molecule is Cn1nc(Br)c2cc(N)cc(C(=O)O)c21. The summed E-state index contributed by atoms with van der Waals surface area (Å²) in [6.45, 7) is 0. The van der Waals surface area contributed by atoms with Crippen molar-refractivity contribution in [2.45, 2.75) is 0 Å². The number of hydrogen-bond donors (Lipinski definition) is 2. The number of nitrogens with zero attached hydrogens (tertiary/aromatic N) is 2. The van der Waals surface area contributed by atoms with Crippen LogP contribution in [-0.2, 0) is 7.05 Å². The number of nitrogens with two attached hydrogens (primary N) is 1. The van der Waals surface area contributed by atoms with E-state index in [1.807, 2.05) is 0 Å². The van der Waals surface area contributed by atoms with E-state index in [1.165, 1.54) is 10.7 Å². The maximum atomic E-state index is 11.0. The molecule has 0 unspecified atom stereocenters. The Hall–Kier alpha value is -1.56. The highest BCUT2D eigenvalue weighted by atomic mass is 79.9. The molecule has 1 aromatic heterocycles. The van der Waals surface area contributed by atoms with Crippen LogP contribution in [0.2, 0.25) is 0 Å². The van der Waals surface area contributed by atoms with Crippen LogP contribution in [0.15, 0.2) is 16.7 Å². The molecule has 0 radical (unpaired) electrons. The van der Waals surface area contributed by atoms with Crippen molar-refractivity contribution in [2.24, 2.45) is 7.05 Å². The Morgan fingerprint density at radius 1 is 1.60 bits per heavy atom. The predicted octanol–water partition coefficient (Wildman–Crippen LogP) is 1.62. The van der Waals surface area contributed by atoms with Gasteiger partial charge in [0.2, 0.25) is 0 Å². The molecule has 0 saturated heterocycles. The fourth-order valence-corrected chi connectivity index (χ4v) is 2.10. The fourth-order valence-electron chi connectivity index (χ4n) is 1.56. The summed E-state index contributed by atoms with van der Waals surface area (Å²) in [5.41, 5.74) is 6.75. The second kappa shape index (κ2) is 3.23. The average molecular weight is 270 g/mol. The number of hydrogen-bond acceptors (Lipinski definition) is 3. The molecule has 15 heavy (non-hydrogen) atoms. The number of fused-ring (bicyclic) bond motifs is 1. The topological polar surface area (TPSA) is 81.1 Å². The highest BCUT2D eigenvalue weighted by Gasteiger charge is 2.16. The van der Waals surface area contributed by atoms with Gasteiger partial charge in [-0.15, -0.1) is 0 Å². The van der Waals surface area contributed by atoms with Gasteiger partial charge in [0.25, 0.3) is 0 Å². The molecule has 0 aliphatic carbocycles. The van der Waals surface area contributed by atoms with Crippen LogP contribution < -0.4 is 5.73 Å². The molecule has 0 spiro atoms. The van der Waals surface area contributed by atoms with Crippen LogP contribution in [0.1, 0.15) is 10.4 Å². The maximum absolute atomic E-state index is 11.0. The lowest BCUT2D eigenvalue weighted by molar-refractivity contribution is 0.0698. The quantitative estimate of drug-likeness (QED) is 0.771. The Labute approximate surface area is 93.6 Å². The van der Waals surface area contributed by atoms with Crippen molar-refractivity contribution >= 4 is 38.5 Å². The van der Waals surface area contributed by atoms with E-state index in [-0.39, 0.29) is 5.56 Å². The molecule has 2 aromatic rings. The third-order valence-electron chi connectivity index (χ3n) is 2.15. The first-order valence-corrected chi connectivity index (χ1v) is 4.95. The molecule has 3 N–H and O–H groups in total. The lowest BCUT2D eigenvalue weighted by atomic mass is 10.1. The molecule has 0 aliphatic rings. The predicted molar refractivity (Wildman–Crippen MR) is 59.8 cm³/mol. The molecule has 78 valence electrons. The van der Waals surface area contributed by atoms with Crippen molar-refractivity contribution in [3.63, 3.8) is 0 Å². The van der Waals surface area contributed by atoms with Crippen LogP contribution >= 0.6 is 15.9 Å². The Bertz CT molecular complexity index is 562. The Morgan fingerprint density at radius 3 is 2.87 bits per heavy atom. The summed E-state index contributed by atoms with van der Waals surface area (Å²) < 4.78 is 2.11. The summed E-state index contributed by atoms with van der Waals surface area (Å²) in [7, 11) is 1.69. The molecule has 0 aliphatic heterocycles. The Morgan fingerprint density at radius 2 is 2.27 bits per heavy atom. The van der Waals surface area contributed by atoms with Gasteiger partial charge in [0.1, 0.15) is 4.60 Å². The summed E-state index contributed by atoms with van der Waals surface area (Å²) in [4.78, 5) is 11.0. The number of anilines is 1. The Balaban J connectivity index is 2.96. The van der Waals surface area contributed by atoms with E-state index in [4.69, 9.17) is 10.8 Å². The number of nitrogen functional groups attached to an aromatic ring is 1. The number of benzene rings is 1. The second-order valence-corrected chi connectivity index (χ2v) is 3.94. The molecule has 1 aromatic carbocycles. The first-order chi connectivity index (χ1) is 7.00. The highest BCUT2D eigenvalue weighted by Crippen LogP contribution is 2.28. The van der Waals surface area contributed by atoms with Crippen LogP contribution in [0.5, 0.6) is 0 Å². The van der Waals surface area contributed by atoms with Gasteiger partial charge < -0.3 is 10.8 Å². The molecule has 0 saturated carbocycles. The molecule has 5 nitrogen and oxygen atoms in total. The van der Waals surface area contributed by atoms with Crippen molar-refractivity contribution in [1.29, 1.82) is 0 Å². The zero-order valence-electron chi connectivity index (χ0n) is 7.86. The first-order valence-electron chi connectivity index (χ1n) is 4.15. The van der Waals surface area contributed by atoms with E-state index >= 15 is 0 Å². The van der Waals surface area contributed by atoms with Gasteiger partial charge >= 0.3 is 5.97 Å². The van der Waals surface area contributed by atoms with Crippen LogP contribution in [0, 0.1) is 0 Å². The summed E-state index contributed by atoms with van der Waals surface area (Å²) in [6, 6.07) is 3.12. The number of aromatic nitrogens is 2. The van der Waals surface area contributed by atoms with Gasteiger partial charge in [-0.1, -0.05) is 0 Å². The van der Waals surface area contributed by atoms with Gasteiger partial charge in [-0.25, -0.2) is 4.79 Å². The summed E-state index contributed by atoms with van der Waals surface area (Å²) >= 11 is 3.25. The van der Waals surface area contributed by atoms with Crippen LogP contribution in [0.4, 0.5) is 5.69 Å². The third kappa shape index (κ3) is 1.46. The standard InChI is InChI=1S/C9H8BrN3O2/c1-13-7-5(8(10)12-13)2-4(11)3-6(7)9(14)15/h2-3H,11H2,1H3,(H,14,15). The smallest absolute Gasteiger partial charge is 0.337 e. The largest absolute Gasteiger partial charge is 0.478 e. The molecule has 1 heterocycles. The van der Waals surface area contributed by atoms with Crippen LogP contribution in [0.3, 0.4) is 0 Å². The number of carbonyl (C=O) groups is 1. The summed E-state index contributed by atoms with van der Waals surface area (Å²) in [6.07, 6.45) is 0. The zero-order chi connectivity index (χ0) is 11.2. The van der Waals surface area contributed by atoms with E-state index in [2.05, 4.69) is 21.0 Å². The Kier molecular flexibility index (Phi) is 2.15. The van der Waals surface area contributed by atoms with Crippen LogP contribution in [-0.4, -0.2) is 20.9 Å². The number of aryl methyl sites for hydroxylation is 1. The zero-order valence-corrected chi connectivity index (χ0v) is 9.45. The molecular formula is C9H8BrN3O2. The first kappa shape index (κ1) is 9.97. The van der Waals surface area contributed by atoms with Crippen molar-refractivity contribution in [1.82, 2.24) is 9.78 Å². The minimum atomic E-state index is -1.01. The molecule has 0 amide bonds. The minimum absolute atomic E-state index is 0.158. The minimum Gasteiger partial charge on any atom is -0.478 e. The van der Waals surface area contributed by atoms with E-state index < -0.39 is 5.97 Å². The molecule has 0 bridgehead atoms. The van der Waals surface area contributed by atoms with Crippen LogP contribution in [0.25, 0.3) is 10.9 Å². The van der Waals surface area contributed by atoms with Crippen molar-refractivity contribution in [3.05, 3.63) is 22.3 Å². The van der Waals surface area contributed by atoms with Crippen molar-refractivity contribution < 1.29 is 9.90 Å². The monoisotopic (exact) mass is 269 g/mol. The van der Waals surface area contributed by atoms with Crippen molar-refractivity contribution in [2.75, 3.05) is 5.73 Å². The lowest BCUT2D eigenvalue weighted by Crippen LogP contribution is -2.02. The molecule has 0 fully saturated rings. The highest BCUT2D eigenvalue weighted by molar-refractivity contribution is 9.10. The molecule has 2 rings (SSSR count). The van der Waals surface area contributed by atoms with E-state index in [0.29, 0.717) is 21.2 Å². The van der Waals surface area contributed by atoms with E-state index in [1.54, 1.807) is 13.1 Å². The van der Waals surface area contributed by atoms with Gasteiger partial charge in [0.05, 0.1) is 11.1 Å². The van der Waals surface area contributed by atoms with Gasteiger partial charge in [0.15, 0.2) is 0 Å². The van der Waals surface area contributed by atoms with E-state index in [0.717, 1.165) is 0 Å². The van der Waals surface area contributed by atoms with E-state index in [9.17, 15) is 4.79 Å². The fraction of sp³-hybridized carbons (Fsp3) is 0.111. The number of carboxylic acids is 1. The second-order valence-electron chi connectivity index (χ2n) is 3.18. The molecule has 6 heteroatoms. The number of aromatic carboxylic acids is 1. The molecular weight excluding hydrogens is 262 g/mol. The number of rotatable bonds is 1. The van der Waals surface area contributed by atoms with Gasteiger partial charge in [-0.2, -0.15) is 5.10 Å². The number of carboxylic acid groups (broad SMARTS) is 1. The van der Waals surface area contributed by atoms with Gasteiger partial charge in [0, 0.05) is 18.1 Å².